The van der Waals surface area contributed by atoms with Gasteiger partial charge in [0.15, 0.2) is 0 Å². The summed E-state index contributed by atoms with van der Waals surface area (Å²) in [7, 11) is 0. The van der Waals surface area contributed by atoms with Crippen molar-refractivity contribution in [3.8, 4) is 11.5 Å². The molecule has 2 amide bonds. The third kappa shape index (κ3) is 5.40. The first-order valence-electron chi connectivity index (χ1n) is 8.43. The van der Waals surface area contributed by atoms with Gasteiger partial charge >= 0.3 is 0 Å². The number of amides is 2. The van der Waals surface area contributed by atoms with Crippen LogP contribution in [0.3, 0.4) is 0 Å². The lowest BCUT2D eigenvalue weighted by atomic mass is 10.2. The predicted octanol–water partition coefficient (Wildman–Crippen LogP) is 4.15. The molecule has 3 aromatic rings. The van der Waals surface area contributed by atoms with E-state index in [1.807, 2.05) is 25.1 Å². The molecule has 1 heterocycles. The summed E-state index contributed by atoms with van der Waals surface area (Å²) in [5, 5.41) is 5.44. The van der Waals surface area contributed by atoms with Gasteiger partial charge in [-0.05, 0) is 55.0 Å². The van der Waals surface area contributed by atoms with Crippen LogP contribution in [0.4, 0.5) is 11.4 Å². The normalized spacial score (nSPS) is 10.1. The maximum Gasteiger partial charge on any atom is 0.233 e. The molecule has 6 heteroatoms. The van der Waals surface area contributed by atoms with E-state index in [2.05, 4.69) is 15.6 Å². The minimum atomic E-state index is -0.385. The number of rotatable bonds is 6. The maximum absolute atomic E-state index is 12.1. The molecule has 0 radical (unpaired) electrons. The molecule has 6 nitrogen and oxygen atoms in total. The van der Waals surface area contributed by atoms with Crippen LogP contribution in [-0.4, -0.2) is 16.8 Å². The van der Waals surface area contributed by atoms with Crippen LogP contribution in [0.15, 0.2) is 73.1 Å². The van der Waals surface area contributed by atoms with Crippen LogP contribution in [0.5, 0.6) is 11.5 Å². The van der Waals surface area contributed by atoms with Crippen molar-refractivity contribution in [2.75, 3.05) is 10.6 Å². The molecule has 0 aliphatic heterocycles. The van der Waals surface area contributed by atoms with E-state index in [4.69, 9.17) is 4.74 Å². The predicted molar refractivity (Wildman–Crippen MR) is 104 cm³/mol. The van der Waals surface area contributed by atoms with Crippen molar-refractivity contribution in [1.82, 2.24) is 4.98 Å². The Hall–Kier alpha value is -3.67. The van der Waals surface area contributed by atoms with Crippen LogP contribution in [0.1, 0.15) is 12.0 Å². The first-order valence-corrected chi connectivity index (χ1v) is 8.43. The average molecular weight is 361 g/mol. The zero-order chi connectivity index (χ0) is 19.1. The third-order valence-corrected chi connectivity index (χ3v) is 3.76. The monoisotopic (exact) mass is 361 g/mol. The summed E-state index contributed by atoms with van der Waals surface area (Å²) in [4.78, 5) is 28.0. The Morgan fingerprint density at radius 3 is 2.19 bits per heavy atom. The molecule has 3 rings (SSSR count). The number of carbonyl (C=O) groups is 2. The number of carbonyl (C=O) groups excluding carboxylic acids is 2. The summed E-state index contributed by atoms with van der Waals surface area (Å²) in [6.07, 6.45) is 3.03. The Bertz CT molecular complexity index is 925. The highest BCUT2D eigenvalue weighted by Gasteiger charge is 2.11. The Morgan fingerprint density at radius 1 is 0.852 bits per heavy atom. The number of nitrogens with one attached hydrogen (secondary N) is 2. The van der Waals surface area contributed by atoms with E-state index in [1.165, 1.54) is 0 Å². The van der Waals surface area contributed by atoms with Gasteiger partial charge in [0.1, 0.15) is 17.9 Å². The molecule has 0 unspecified atom stereocenters. The second-order valence-electron chi connectivity index (χ2n) is 5.90. The largest absolute Gasteiger partial charge is 0.457 e. The Labute approximate surface area is 157 Å². The van der Waals surface area contributed by atoms with Crippen molar-refractivity contribution in [1.29, 1.82) is 0 Å². The molecule has 27 heavy (non-hydrogen) atoms. The number of hydrogen-bond acceptors (Lipinski definition) is 4. The molecule has 0 bridgehead atoms. The highest BCUT2D eigenvalue weighted by molar-refractivity contribution is 6.08. The standard InChI is InChI=1S/C21H19N3O3/c1-15-4-2-3-5-19(15)24-21(26)14-20(25)23-16-6-8-17(9-7-16)27-18-10-12-22-13-11-18/h2-13H,14H2,1H3,(H,23,25)(H,24,26). The summed E-state index contributed by atoms with van der Waals surface area (Å²) < 4.78 is 5.66. The van der Waals surface area contributed by atoms with Gasteiger partial charge in [-0.1, -0.05) is 18.2 Å². The van der Waals surface area contributed by atoms with Crippen molar-refractivity contribution in [2.45, 2.75) is 13.3 Å². The van der Waals surface area contributed by atoms with Gasteiger partial charge < -0.3 is 15.4 Å². The molecule has 2 aromatic carbocycles. The van der Waals surface area contributed by atoms with E-state index in [0.29, 0.717) is 22.9 Å². The molecule has 0 fully saturated rings. The van der Waals surface area contributed by atoms with Gasteiger partial charge in [-0.2, -0.15) is 0 Å². The fraction of sp³-hybridized carbons (Fsp3) is 0.0952. The van der Waals surface area contributed by atoms with Crippen LogP contribution < -0.4 is 15.4 Å². The minimum absolute atomic E-state index is 0.260. The van der Waals surface area contributed by atoms with E-state index in [9.17, 15) is 9.59 Å². The zero-order valence-corrected chi connectivity index (χ0v) is 14.8. The number of pyridine rings is 1. The first-order chi connectivity index (χ1) is 13.1. The van der Waals surface area contributed by atoms with Crippen LogP contribution >= 0.6 is 0 Å². The topological polar surface area (TPSA) is 80.3 Å². The molecule has 0 saturated heterocycles. The lowest BCUT2D eigenvalue weighted by Crippen LogP contribution is -2.21. The number of para-hydroxylation sites is 1. The van der Waals surface area contributed by atoms with Gasteiger partial charge in [0, 0.05) is 23.8 Å². The molecule has 0 aliphatic carbocycles. The average Bonchev–Trinajstić information content (AvgIpc) is 2.66. The Balaban J connectivity index is 1.51. The molecular formula is C21H19N3O3. The fourth-order valence-electron chi connectivity index (χ4n) is 2.41. The SMILES string of the molecule is Cc1ccccc1NC(=O)CC(=O)Nc1ccc(Oc2ccncc2)cc1. The number of hydrogen-bond donors (Lipinski definition) is 2. The molecule has 0 atom stereocenters. The summed E-state index contributed by atoms with van der Waals surface area (Å²) >= 11 is 0. The van der Waals surface area contributed by atoms with Gasteiger partial charge in [0.2, 0.25) is 11.8 Å². The number of ether oxygens (including phenoxy) is 1. The molecule has 0 aliphatic rings. The van der Waals surface area contributed by atoms with E-state index in [1.54, 1.807) is 54.9 Å². The van der Waals surface area contributed by atoms with E-state index >= 15 is 0 Å². The zero-order valence-electron chi connectivity index (χ0n) is 14.8. The quantitative estimate of drug-likeness (QED) is 0.646. The number of nitrogens with zero attached hydrogens (tertiary/aromatic N) is 1. The highest BCUT2D eigenvalue weighted by Crippen LogP contribution is 2.22. The van der Waals surface area contributed by atoms with Gasteiger partial charge in [0.25, 0.3) is 0 Å². The summed E-state index contributed by atoms with van der Waals surface area (Å²) in [6, 6.07) is 17.8. The fourth-order valence-corrected chi connectivity index (χ4v) is 2.41. The van der Waals surface area contributed by atoms with Gasteiger partial charge in [0.05, 0.1) is 0 Å². The van der Waals surface area contributed by atoms with Crippen LogP contribution in [0.25, 0.3) is 0 Å². The Morgan fingerprint density at radius 2 is 1.48 bits per heavy atom. The summed E-state index contributed by atoms with van der Waals surface area (Å²) in [5.74, 6) is 0.564. The van der Waals surface area contributed by atoms with Crippen molar-refractivity contribution < 1.29 is 14.3 Å². The Kier molecular flexibility index (Phi) is 5.79. The second kappa shape index (κ2) is 8.62. The van der Waals surface area contributed by atoms with Gasteiger partial charge in [-0.25, -0.2) is 0 Å². The lowest BCUT2D eigenvalue weighted by Gasteiger charge is -2.09. The summed E-state index contributed by atoms with van der Waals surface area (Å²) in [6.45, 7) is 1.89. The smallest absolute Gasteiger partial charge is 0.233 e. The van der Waals surface area contributed by atoms with Crippen LogP contribution in [0, 0.1) is 6.92 Å². The van der Waals surface area contributed by atoms with E-state index in [-0.39, 0.29) is 18.2 Å². The number of anilines is 2. The third-order valence-electron chi connectivity index (χ3n) is 3.76. The van der Waals surface area contributed by atoms with Crippen molar-refractivity contribution in [3.05, 3.63) is 78.6 Å². The number of aryl methyl sites for hydroxylation is 1. The number of benzene rings is 2. The van der Waals surface area contributed by atoms with E-state index in [0.717, 1.165) is 5.56 Å². The highest BCUT2D eigenvalue weighted by atomic mass is 16.5. The first kappa shape index (κ1) is 18.1. The van der Waals surface area contributed by atoms with Crippen molar-refractivity contribution in [2.24, 2.45) is 0 Å². The molecule has 1 aromatic heterocycles. The van der Waals surface area contributed by atoms with Crippen molar-refractivity contribution >= 4 is 23.2 Å². The molecule has 0 saturated carbocycles. The minimum Gasteiger partial charge on any atom is -0.457 e. The van der Waals surface area contributed by atoms with Gasteiger partial charge in [-0.15, -0.1) is 0 Å². The summed E-state index contributed by atoms with van der Waals surface area (Å²) in [5.41, 5.74) is 2.23. The van der Waals surface area contributed by atoms with Crippen LogP contribution in [-0.2, 0) is 9.59 Å². The van der Waals surface area contributed by atoms with E-state index < -0.39 is 0 Å². The molecule has 2 N–H and O–H groups in total. The van der Waals surface area contributed by atoms with Crippen LogP contribution in [0.2, 0.25) is 0 Å². The van der Waals surface area contributed by atoms with Crippen molar-refractivity contribution in [3.63, 3.8) is 0 Å². The van der Waals surface area contributed by atoms with Gasteiger partial charge in [-0.3, -0.25) is 14.6 Å². The maximum atomic E-state index is 12.1. The molecular weight excluding hydrogens is 342 g/mol. The molecule has 136 valence electrons. The molecule has 0 spiro atoms. The number of aromatic nitrogens is 1. The lowest BCUT2D eigenvalue weighted by molar-refractivity contribution is -0.123. The second-order valence-corrected chi connectivity index (χ2v) is 5.90.